The summed E-state index contributed by atoms with van der Waals surface area (Å²) in [7, 11) is 0. The number of piperidine rings is 1. The van der Waals surface area contributed by atoms with Crippen molar-refractivity contribution in [2.45, 2.75) is 18.9 Å². The Morgan fingerprint density at radius 2 is 1.59 bits per heavy atom. The lowest BCUT2D eigenvalue weighted by Crippen LogP contribution is -2.43. The Balaban J connectivity index is 1.35. The molecule has 3 aromatic rings. The van der Waals surface area contributed by atoms with Crippen LogP contribution in [0.25, 0.3) is 5.57 Å². The van der Waals surface area contributed by atoms with Crippen molar-refractivity contribution in [3.63, 3.8) is 0 Å². The number of ether oxygens (including phenoxy) is 2. The third-order valence-corrected chi connectivity index (χ3v) is 6.55. The number of hydrogen-bond acceptors (Lipinski definition) is 4. The maximum Gasteiger partial charge on any atom is 0.228 e. The Kier molecular flexibility index (Phi) is 6.63. The highest BCUT2D eigenvalue weighted by Gasteiger charge is 2.35. The van der Waals surface area contributed by atoms with Gasteiger partial charge in [0.2, 0.25) is 5.91 Å². The van der Waals surface area contributed by atoms with E-state index in [9.17, 15) is 9.90 Å². The van der Waals surface area contributed by atoms with E-state index in [1.807, 2.05) is 53.4 Å². The number of carbonyl (C=O) groups is 1. The van der Waals surface area contributed by atoms with Crippen LogP contribution < -0.4 is 9.47 Å². The molecule has 0 saturated carbocycles. The number of fused-ring (bicyclic) bond motifs is 1. The monoisotopic (exact) mass is 455 g/mol. The maximum atomic E-state index is 13.4. The minimum absolute atomic E-state index is 0.00892. The van der Waals surface area contributed by atoms with Crippen molar-refractivity contribution < 1.29 is 19.4 Å². The van der Waals surface area contributed by atoms with Gasteiger partial charge in [-0.2, -0.15) is 0 Å². The first kappa shape index (κ1) is 22.2. The second-order valence-corrected chi connectivity index (χ2v) is 8.73. The third kappa shape index (κ3) is 4.70. The average Bonchev–Trinajstić information content (AvgIpc) is 2.90. The van der Waals surface area contributed by atoms with Crippen molar-refractivity contribution in [3.8, 4) is 11.5 Å². The van der Waals surface area contributed by atoms with Gasteiger partial charge in [0.15, 0.2) is 11.5 Å². The SMILES string of the molecule is O=C1[C@@H]([C@@H](O)c2ccc3c(c2)OCCO3)CCCN1CC=C(c1ccccc1)c1ccccc1. The van der Waals surface area contributed by atoms with Gasteiger partial charge in [-0.15, -0.1) is 0 Å². The molecule has 2 aliphatic rings. The Labute approximate surface area is 200 Å². The molecular weight excluding hydrogens is 426 g/mol. The number of nitrogens with zero attached hydrogens (tertiary/aromatic N) is 1. The smallest absolute Gasteiger partial charge is 0.228 e. The van der Waals surface area contributed by atoms with E-state index in [0.29, 0.717) is 49.8 Å². The molecule has 2 aliphatic heterocycles. The van der Waals surface area contributed by atoms with Crippen LogP contribution in [0, 0.1) is 5.92 Å². The van der Waals surface area contributed by atoms with Crippen LogP contribution in [0.5, 0.6) is 11.5 Å². The zero-order valence-corrected chi connectivity index (χ0v) is 19.1. The van der Waals surface area contributed by atoms with Crippen molar-refractivity contribution in [1.29, 1.82) is 0 Å². The molecule has 0 aliphatic carbocycles. The fourth-order valence-corrected chi connectivity index (χ4v) is 4.76. The van der Waals surface area contributed by atoms with Crippen molar-refractivity contribution in [2.24, 2.45) is 5.92 Å². The van der Waals surface area contributed by atoms with Crippen LogP contribution in [0.1, 0.15) is 35.6 Å². The molecule has 174 valence electrons. The molecule has 0 aromatic heterocycles. The molecule has 3 aromatic carbocycles. The van der Waals surface area contributed by atoms with E-state index in [4.69, 9.17) is 9.47 Å². The maximum absolute atomic E-state index is 13.4. The highest BCUT2D eigenvalue weighted by atomic mass is 16.6. The van der Waals surface area contributed by atoms with Crippen molar-refractivity contribution in [1.82, 2.24) is 4.90 Å². The first-order chi connectivity index (χ1) is 16.7. The molecule has 0 bridgehead atoms. The van der Waals surface area contributed by atoms with Gasteiger partial charge in [-0.1, -0.05) is 72.8 Å². The van der Waals surface area contributed by atoms with E-state index < -0.39 is 12.0 Å². The average molecular weight is 456 g/mol. The van der Waals surface area contributed by atoms with Gasteiger partial charge in [-0.3, -0.25) is 4.79 Å². The van der Waals surface area contributed by atoms with E-state index in [-0.39, 0.29) is 5.91 Å². The molecule has 0 spiro atoms. The van der Waals surface area contributed by atoms with Gasteiger partial charge in [-0.05, 0) is 47.2 Å². The van der Waals surface area contributed by atoms with Gasteiger partial charge in [0.05, 0.1) is 12.0 Å². The van der Waals surface area contributed by atoms with Gasteiger partial charge in [0, 0.05) is 13.1 Å². The van der Waals surface area contributed by atoms with E-state index in [1.54, 1.807) is 6.07 Å². The molecule has 34 heavy (non-hydrogen) atoms. The van der Waals surface area contributed by atoms with Gasteiger partial charge < -0.3 is 19.5 Å². The van der Waals surface area contributed by atoms with E-state index in [1.165, 1.54) is 0 Å². The number of benzene rings is 3. The number of aliphatic hydroxyl groups excluding tert-OH is 1. The van der Waals surface area contributed by atoms with Crippen LogP contribution in [-0.4, -0.2) is 42.2 Å². The number of rotatable bonds is 6. The number of carbonyl (C=O) groups excluding carboxylic acids is 1. The summed E-state index contributed by atoms with van der Waals surface area (Å²) in [5.74, 6) is 0.825. The highest BCUT2D eigenvalue weighted by molar-refractivity contribution is 5.83. The van der Waals surface area contributed by atoms with Crippen LogP contribution in [0.15, 0.2) is 84.9 Å². The second-order valence-electron chi connectivity index (χ2n) is 8.73. The number of likely N-dealkylation sites (tertiary alicyclic amines) is 1. The lowest BCUT2D eigenvalue weighted by molar-refractivity contribution is -0.142. The quantitative estimate of drug-likeness (QED) is 0.577. The molecule has 1 amide bonds. The fourth-order valence-electron chi connectivity index (χ4n) is 4.76. The summed E-state index contributed by atoms with van der Waals surface area (Å²) in [6.45, 7) is 2.20. The van der Waals surface area contributed by atoms with Gasteiger partial charge >= 0.3 is 0 Å². The molecule has 0 radical (unpaired) electrons. The predicted molar refractivity (Wildman–Crippen MR) is 132 cm³/mol. The fraction of sp³-hybridized carbons (Fsp3) is 0.276. The number of hydrogen-bond donors (Lipinski definition) is 1. The highest BCUT2D eigenvalue weighted by Crippen LogP contribution is 2.37. The van der Waals surface area contributed by atoms with Gasteiger partial charge in [0.25, 0.3) is 0 Å². The molecule has 1 N–H and O–H groups in total. The van der Waals surface area contributed by atoms with Crippen molar-refractivity contribution in [2.75, 3.05) is 26.3 Å². The van der Waals surface area contributed by atoms with Crippen molar-refractivity contribution in [3.05, 3.63) is 102 Å². The molecule has 1 saturated heterocycles. The van der Waals surface area contributed by atoms with Gasteiger partial charge in [-0.25, -0.2) is 0 Å². The van der Waals surface area contributed by atoms with Gasteiger partial charge in [0.1, 0.15) is 13.2 Å². The topological polar surface area (TPSA) is 59.0 Å². The van der Waals surface area contributed by atoms with Crippen molar-refractivity contribution >= 4 is 11.5 Å². The summed E-state index contributed by atoms with van der Waals surface area (Å²) in [5, 5.41) is 11.1. The van der Waals surface area contributed by atoms with Crippen LogP contribution >= 0.6 is 0 Å². The van der Waals surface area contributed by atoms with Crippen LogP contribution in [0.2, 0.25) is 0 Å². The summed E-state index contributed by atoms with van der Waals surface area (Å²) in [6, 6.07) is 25.9. The lowest BCUT2D eigenvalue weighted by atomic mass is 9.87. The summed E-state index contributed by atoms with van der Waals surface area (Å²) in [6.07, 6.45) is 2.77. The summed E-state index contributed by atoms with van der Waals surface area (Å²) < 4.78 is 11.2. The Morgan fingerprint density at radius 3 is 2.26 bits per heavy atom. The molecule has 2 atom stereocenters. The summed E-state index contributed by atoms with van der Waals surface area (Å²) in [4.78, 5) is 15.3. The number of amides is 1. The zero-order valence-electron chi connectivity index (χ0n) is 19.1. The Morgan fingerprint density at radius 1 is 0.941 bits per heavy atom. The van der Waals surface area contributed by atoms with E-state index in [0.717, 1.165) is 23.1 Å². The summed E-state index contributed by atoms with van der Waals surface area (Å²) >= 11 is 0. The zero-order chi connectivity index (χ0) is 23.3. The first-order valence-corrected chi connectivity index (χ1v) is 11.9. The summed E-state index contributed by atoms with van der Waals surface area (Å²) in [5.41, 5.74) is 4.02. The van der Waals surface area contributed by atoms with Crippen LogP contribution in [0.3, 0.4) is 0 Å². The first-order valence-electron chi connectivity index (χ1n) is 11.9. The molecule has 1 fully saturated rings. The molecule has 0 unspecified atom stereocenters. The van der Waals surface area contributed by atoms with Crippen LogP contribution in [0.4, 0.5) is 0 Å². The molecule has 2 heterocycles. The van der Waals surface area contributed by atoms with E-state index >= 15 is 0 Å². The molecule has 5 nitrogen and oxygen atoms in total. The lowest BCUT2D eigenvalue weighted by Gasteiger charge is -2.34. The standard InChI is InChI=1S/C29H29NO4/c31-28(23-13-14-26-27(20-23)34-19-18-33-26)25-12-7-16-30(29(25)32)17-15-24(21-8-3-1-4-9-21)22-10-5-2-6-11-22/h1-6,8-11,13-15,20,25,28,31H,7,12,16-19H2/t25-,28+/m1/s1. The second kappa shape index (κ2) is 10.1. The van der Waals surface area contributed by atoms with E-state index in [2.05, 4.69) is 30.3 Å². The van der Waals surface area contributed by atoms with Crippen LogP contribution in [-0.2, 0) is 4.79 Å². The molecule has 5 rings (SSSR count). The largest absolute Gasteiger partial charge is 0.486 e. The normalized spacial score (nSPS) is 18.3. The minimum atomic E-state index is -0.877. The minimum Gasteiger partial charge on any atom is -0.486 e. The predicted octanol–water partition coefficient (Wildman–Crippen LogP) is 4.86. The molecule has 5 heteroatoms. The third-order valence-electron chi connectivity index (χ3n) is 6.55. The molecular formula is C29H29NO4. The Hall–Kier alpha value is -3.57. The number of aliphatic hydroxyl groups is 1. The Bertz CT molecular complexity index is 1120.